The van der Waals surface area contributed by atoms with E-state index >= 15 is 0 Å². The molecule has 1 N–H and O–H groups in total. The molecule has 1 amide bonds. The van der Waals surface area contributed by atoms with Crippen LogP contribution < -0.4 is 10.2 Å². The van der Waals surface area contributed by atoms with Crippen LogP contribution in [0.25, 0.3) is 11.1 Å². The number of likely N-dealkylation sites (tertiary alicyclic amines) is 1. The molecule has 148 valence electrons. The number of nitrogens with one attached hydrogen (secondary N) is 1. The number of anilines is 1. The molecule has 0 aliphatic carbocycles. The highest BCUT2D eigenvalue weighted by molar-refractivity contribution is 5.95. The third kappa shape index (κ3) is 4.21. The van der Waals surface area contributed by atoms with Gasteiger partial charge in [0.05, 0.1) is 6.10 Å². The van der Waals surface area contributed by atoms with Gasteiger partial charge in [-0.25, -0.2) is 0 Å². The Labute approximate surface area is 167 Å². The Morgan fingerprint density at radius 1 is 1.04 bits per heavy atom. The molecule has 0 bridgehead atoms. The second-order valence-corrected chi connectivity index (χ2v) is 7.62. The van der Waals surface area contributed by atoms with Gasteiger partial charge in [-0.05, 0) is 48.2 Å². The summed E-state index contributed by atoms with van der Waals surface area (Å²) >= 11 is 0. The van der Waals surface area contributed by atoms with Crippen LogP contribution in [-0.4, -0.2) is 63.3 Å². The lowest BCUT2D eigenvalue weighted by molar-refractivity contribution is 0.0269. The maximum absolute atomic E-state index is 13.0. The number of piperidine rings is 1. The number of benzene rings is 2. The lowest BCUT2D eigenvalue weighted by atomic mass is 10.0. The number of methoxy groups -OCH3 is 1. The predicted molar refractivity (Wildman–Crippen MR) is 113 cm³/mol. The van der Waals surface area contributed by atoms with Crippen LogP contribution in [-0.2, 0) is 4.74 Å². The molecule has 5 heteroatoms. The largest absolute Gasteiger partial charge is 0.380 e. The predicted octanol–water partition coefficient (Wildman–Crippen LogP) is 3.01. The Morgan fingerprint density at radius 3 is 2.57 bits per heavy atom. The molecule has 0 aromatic heterocycles. The Hall–Kier alpha value is -2.37. The maximum atomic E-state index is 13.0. The van der Waals surface area contributed by atoms with Gasteiger partial charge < -0.3 is 19.9 Å². The number of hydrogen-bond donors (Lipinski definition) is 1. The van der Waals surface area contributed by atoms with Gasteiger partial charge in [-0.1, -0.05) is 24.3 Å². The molecule has 0 spiro atoms. The quantitative estimate of drug-likeness (QED) is 0.887. The fraction of sp³-hybridized carbons (Fsp3) is 0.435. The van der Waals surface area contributed by atoms with Crippen LogP contribution in [0.15, 0.2) is 48.5 Å². The average Bonchev–Trinajstić information content (AvgIpc) is 2.79. The number of rotatable bonds is 4. The van der Waals surface area contributed by atoms with Crippen LogP contribution in [0, 0.1) is 0 Å². The van der Waals surface area contributed by atoms with Gasteiger partial charge in [-0.2, -0.15) is 0 Å². The number of piperazine rings is 1. The second kappa shape index (κ2) is 8.76. The van der Waals surface area contributed by atoms with E-state index in [1.165, 1.54) is 5.69 Å². The summed E-state index contributed by atoms with van der Waals surface area (Å²) in [5.41, 5.74) is 4.23. The minimum Gasteiger partial charge on any atom is -0.380 e. The van der Waals surface area contributed by atoms with Crippen LogP contribution in [0.5, 0.6) is 0 Å². The Morgan fingerprint density at radius 2 is 1.79 bits per heavy atom. The van der Waals surface area contributed by atoms with Crippen LogP contribution in [0.4, 0.5) is 5.69 Å². The Balaban J connectivity index is 1.54. The summed E-state index contributed by atoms with van der Waals surface area (Å²) < 4.78 is 5.47. The van der Waals surface area contributed by atoms with Crippen molar-refractivity contribution < 1.29 is 9.53 Å². The van der Waals surface area contributed by atoms with E-state index in [0.29, 0.717) is 6.54 Å². The third-order valence-corrected chi connectivity index (χ3v) is 5.77. The number of hydrogen-bond acceptors (Lipinski definition) is 4. The van der Waals surface area contributed by atoms with E-state index in [4.69, 9.17) is 4.74 Å². The molecule has 0 radical (unpaired) electrons. The van der Waals surface area contributed by atoms with Crippen molar-refractivity contribution in [3.8, 4) is 11.1 Å². The van der Waals surface area contributed by atoms with E-state index in [1.54, 1.807) is 7.11 Å². The van der Waals surface area contributed by atoms with Gasteiger partial charge in [-0.3, -0.25) is 4.79 Å². The number of amides is 1. The van der Waals surface area contributed by atoms with Crippen molar-refractivity contribution in [1.82, 2.24) is 10.2 Å². The zero-order valence-electron chi connectivity index (χ0n) is 16.6. The molecule has 2 aromatic carbocycles. The SMILES string of the molecule is CO[C@@H]1CCCN(C(=O)c2cccc(-c3cccc(N4CCNCC4)c3)c2)C1. The maximum Gasteiger partial charge on any atom is 0.253 e. The van der Waals surface area contributed by atoms with E-state index in [1.807, 2.05) is 23.1 Å². The highest BCUT2D eigenvalue weighted by Gasteiger charge is 2.24. The molecule has 2 aromatic rings. The van der Waals surface area contributed by atoms with Gasteiger partial charge in [0.15, 0.2) is 0 Å². The molecule has 2 fully saturated rings. The van der Waals surface area contributed by atoms with E-state index in [2.05, 4.69) is 40.5 Å². The minimum atomic E-state index is 0.0989. The number of nitrogens with zero attached hydrogens (tertiary/aromatic N) is 2. The molecular formula is C23H29N3O2. The smallest absolute Gasteiger partial charge is 0.253 e. The molecule has 2 saturated heterocycles. The summed E-state index contributed by atoms with van der Waals surface area (Å²) in [6, 6.07) is 16.6. The zero-order chi connectivity index (χ0) is 19.3. The Bertz CT molecular complexity index is 817. The van der Waals surface area contributed by atoms with Gasteiger partial charge in [0.1, 0.15) is 0 Å². The summed E-state index contributed by atoms with van der Waals surface area (Å²) in [5.74, 6) is 0.0989. The minimum absolute atomic E-state index is 0.0989. The summed E-state index contributed by atoms with van der Waals surface area (Å²) in [6.07, 6.45) is 2.17. The van der Waals surface area contributed by atoms with Crippen LogP contribution >= 0.6 is 0 Å². The molecule has 0 saturated carbocycles. The van der Waals surface area contributed by atoms with Crippen molar-refractivity contribution in [2.24, 2.45) is 0 Å². The standard InChI is InChI=1S/C23H29N3O2/c1-28-22-9-4-12-26(17-22)23(27)20-7-2-5-18(15-20)19-6-3-8-21(16-19)25-13-10-24-11-14-25/h2-3,5-8,15-16,22,24H,4,9-14,17H2,1H3/t22-/m1/s1. The van der Waals surface area contributed by atoms with Gasteiger partial charge in [0.25, 0.3) is 5.91 Å². The zero-order valence-corrected chi connectivity index (χ0v) is 16.6. The summed E-state index contributed by atoms with van der Waals surface area (Å²) in [7, 11) is 1.73. The lowest BCUT2D eigenvalue weighted by Gasteiger charge is -2.32. The molecule has 2 aliphatic rings. The molecule has 2 aliphatic heterocycles. The van der Waals surface area contributed by atoms with Crippen LogP contribution in [0.1, 0.15) is 23.2 Å². The van der Waals surface area contributed by atoms with Crippen molar-refractivity contribution in [3.05, 3.63) is 54.1 Å². The lowest BCUT2D eigenvalue weighted by Crippen LogP contribution is -2.43. The van der Waals surface area contributed by atoms with Crippen molar-refractivity contribution in [2.75, 3.05) is 51.3 Å². The molecule has 2 heterocycles. The first-order valence-electron chi connectivity index (χ1n) is 10.2. The normalized spacial score (nSPS) is 20.2. The van der Waals surface area contributed by atoms with Crippen molar-refractivity contribution in [2.45, 2.75) is 18.9 Å². The van der Waals surface area contributed by atoms with Gasteiger partial charge in [-0.15, -0.1) is 0 Å². The molecule has 0 unspecified atom stereocenters. The first kappa shape index (κ1) is 19.0. The average molecular weight is 380 g/mol. The van der Waals surface area contributed by atoms with Crippen molar-refractivity contribution in [3.63, 3.8) is 0 Å². The number of carbonyl (C=O) groups excluding carboxylic acids is 1. The Kier molecular flexibility index (Phi) is 5.93. The van der Waals surface area contributed by atoms with Gasteiger partial charge in [0.2, 0.25) is 0 Å². The first-order valence-corrected chi connectivity index (χ1v) is 10.2. The highest BCUT2D eigenvalue weighted by Crippen LogP contribution is 2.26. The first-order chi connectivity index (χ1) is 13.7. The fourth-order valence-corrected chi connectivity index (χ4v) is 4.13. The second-order valence-electron chi connectivity index (χ2n) is 7.62. The van der Waals surface area contributed by atoms with Crippen LogP contribution in [0.3, 0.4) is 0 Å². The van der Waals surface area contributed by atoms with E-state index in [-0.39, 0.29) is 12.0 Å². The van der Waals surface area contributed by atoms with Gasteiger partial charge >= 0.3 is 0 Å². The molecule has 4 rings (SSSR count). The van der Waals surface area contributed by atoms with Crippen molar-refractivity contribution >= 4 is 11.6 Å². The number of ether oxygens (including phenoxy) is 1. The van der Waals surface area contributed by atoms with E-state index in [9.17, 15) is 4.79 Å². The highest BCUT2D eigenvalue weighted by atomic mass is 16.5. The number of carbonyl (C=O) groups is 1. The summed E-state index contributed by atoms with van der Waals surface area (Å²) in [4.78, 5) is 17.3. The molecular weight excluding hydrogens is 350 g/mol. The molecule has 1 atom stereocenters. The topological polar surface area (TPSA) is 44.8 Å². The van der Waals surface area contributed by atoms with E-state index < -0.39 is 0 Å². The molecule has 28 heavy (non-hydrogen) atoms. The summed E-state index contributed by atoms with van der Waals surface area (Å²) in [6.45, 7) is 5.58. The van der Waals surface area contributed by atoms with Crippen LogP contribution in [0.2, 0.25) is 0 Å². The third-order valence-electron chi connectivity index (χ3n) is 5.77. The van der Waals surface area contributed by atoms with Crippen molar-refractivity contribution in [1.29, 1.82) is 0 Å². The fourth-order valence-electron chi connectivity index (χ4n) is 4.13. The molecule has 5 nitrogen and oxygen atoms in total. The van der Waals surface area contributed by atoms with E-state index in [0.717, 1.165) is 62.3 Å². The van der Waals surface area contributed by atoms with Gasteiger partial charge in [0, 0.05) is 57.6 Å². The monoisotopic (exact) mass is 379 g/mol. The summed E-state index contributed by atoms with van der Waals surface area (Å²) in [5, 5.41) is 3.40.